The quantitative estimate of drug-likeness (QED) is 0.909. The first-order valence-electron chi connectivity index (χ1n) is 6.71. The molecule has 118 valence electrons. The lowest BCUT2D eigenvalue weighted by Gasteiger charge is -2.35. The van der Waals surface area contributed by atoms with E-state index in [0.717, 1.165) is 22.5 Å². The standard InChI is InChI=1S/C14H15FN2O4S/c1-9-2-3-10(14(18)19)8-17(9)22(20,21)13-5-4-12(15)6-11(13)7-16/h4-6,9-10H,2-3,8H2,1H3,(H,18,19). The van der Waals surface area contributed by atoms with Crippen LogP contribution in [0.5, 0.6) is 0 Å². The molecule has 1 saturated heterocycles. The topological polar surface area (TPSA) is 98.5 Å². The van der Waals surface area contributed by atoms with Crippen molar-refractivity contribution in [3.05, 3.63) is 29.6 Å². The fourth-order valence-corrected chi connectivity index (χ4v) is 4.38. The molecule has 1 N–H and O–H groups in total. The van der Waals surface area contributed by atoms with Gasteiger partial charge in [-0.15, -0.1) is 0 Å². The molecule has 1 aliphatic rings. The van der Waals surface area contributed by atoms with Crippen LogP contribution in [-0.2, 0) is 14.8 Å². The van der Waals surface area contributed by atoms with Gasteiger partial charge in [-0.1, -0.05) is 0 Å². The Bertz CT molecular complexity index is 742. The van der Waals surface area contributed by atoms with Crippen molar-refractivity contribution in [1.82, 2.24) is 4.31 Å². The summed E-state index contributed by atoms with van der Waals surface area (Å²) in [5.74, 6) is -2.53. The molecule has 2 rings (SSSR count). The van der Waals surface area contributed by atoms with E-state index < -0.39 is 27.7 Å². The lowest BCUT2D eigenvalue weighted by Crippen LogP contribution is -2.47. The second-order valence-corrected chi connectivity index (χ2v) is 7.15. The average molecular weight is 326 g/mol. The lowest BCUT2D eigenvalue weighted by molar-refractivity contribution is -0.143. The SMILES string of the molecule is CC1CCC(C(=O)O)CN1S(=O)(=O)c1ccc(F)cc1C#N. The van der Waals surface area contributed by atoms with Gasteiger partial charge in [0.1, 0.15) is 16.8 Å². The maximum absolute atomic E-state index is 13.2. The second kappa shape index (κ2) is 6.02. The van der Waals surface area contributed by atoms with Crippen LogP contribution in [0.25, 0.3) is 0 Å². The van der Waals surface area contributed by atoms with Crippen LogP contribution in [0.15, 0.2) is 23.1 Å². The number of carboxylic acids is 1. The Morgan fingerprint density at radius 2 is 2.14 bits per heavy atom. The van der Waals surface area contributed by atoms with Gasteiger partial charge in [0.2, 0.25) is 10.0 Å². The molecule has 0 aromatic heterocycles. The summed E-state index contributed by atoms with van der Waals surface area (Å²) in [4.78, 5) is 10.8. The van der Waals surface area contributed by atoms with Gasteiger partial charge in [0, 0.05) is 12.6 Å². The number of nitrogens with zero attached hydrogens (tertiary/aromatic N) is 2. The summed E-state index contributed by atoms with van der Waals surface area (Å²) < 4.78 is 39.7. The van der Waals surface area contributed by atoms with Gasteiger partial charge in [0.15, 0.2) is 0 Å². The third kappa shape index (κ3) is 2.96. The maximum Gasteiger partial charge on any atom is 0.307 e. The van der Waals surface area contributed by atoms with Crippen LogP contribution in [0.2, 0.25) is 0 Å². The molecule has 8 heteroatoms. The van der Waals surface area contributed by atoms with E-state index in [1.807, 2.05) is 0 Å². The van der Waals surface area contributed by atoms with E-state index in [9.17, 15) is 17.6 Å². The van der Waals surface area contributed by atoms with Crippen LogP contribution in [0, 0.1) is 23.1 Å². The highest BCUT2D eigenvalue weighted by molar-refractivity contribution is 7.89. The van der Waals surface area contributed by atoms with Crippen LogP contribution in [-0.4, -0.2) is 36.4 Å². The fourth-order valence-electron chi connectivity index (χ4n) is 2.55. The van der Waals surface area contributed by atoms with Gasteiger partial charge in [-0.05, 0) is 38.0 Å². The summed E-state index contributed by atoms with van der Waals surface area (Å²) in [6.07, 6.45) is 0.816. The second-order valence-electron chi connectivity index (χ2n) is 5.29. The summed E-state index contributed by atoms with van der Waals surface area (Å²) in [6, 6.07) is 4.16. The van der Waals surface area contributed by atoms with Gasteiger partial charge in [-0.25, -0.2) is 12.8 Å². The van der Waals surface area contributed by atoms with Gasteiger partial charge in [0.05, 0.1) is 11.5 Å². The summed E-state index contributed by atoms with van der Waals surface area (Å²) >= 11 is 0. The molecular weight excluding hydrogens is 311 g/mol. The first-order chi connectivity index (χ1) is 10.3. The fraction of sp³-hybridized carbons (Fsp3) is 0.429. The Morgan fingerprint density at radius 3 is 2.73 bits per heavy atom. The molecule has 1 aromatic carbocycles. The normalized spacial score (nSPS) is 23.0. The van der Waals surface area contributed by atoms with E-state index in [0.29, 0.717) is 12.8 Å². The molecule has 1 aliphatic heterocycles. The zero-order valence-electron chi connectivity index (χ0n) is 11.9. The summed E-state index contributed by atoms with van der Waals surface area (Å²) in [5.41, 5.74) is -0.287. The predicted octanol–water partition coefficient (Wildman–Crippen LogP) is 1.57. The molecule has 0 radical (unpaired) electrons. The van der Waals surface area contributed by atoms with E-state index in [2.05, 4.69) is 0 Å². The van der Waals surface area contributed by atoms with E-state index in [1.165, 1.54) is 0 Å². The number of halogens is 1. The van der Waals surface area contributed by atoms with Gasteiger partial charge in [-0.3, -0.25) is 4.79 Å². The number of hydrogen-bond acceptors (Lipinski definition) is 4. The van der Waals surface area contributed by atoms with Crippen LogP contribution < -0.4 is 0 Å². The van der Waals surface area contributed by atoms with Gasteiger partial charge >= 0.3 is 5.97 Å². The summed E-state index contributed by atoms with van der Waals surface area (Å²) in [5, 5.41) is 18.1. The minimum atomic E-state index is -4.06. The van der Waals surface area contributed by atoms with E-state index in [1.54, 1.807) is 13.0 Å². The predicted molar refractivity (Wildman–Crippen MR) is 74.8 cm³/mol. The monoisotopic (exact) mass is 326 g/mol. The largest absolute Gasteiger partial charge is 0.481 e. The highest BCUT2D eigenvalue weighted by Gasteiger charge is 2.38. The molecule has 0 amide bonds. The Balaban J connectivity index is 2.45. The number of aliphatic carboxylic acids is 1. The minimum absolute atomic E-state index is 0.152. The lowest BCUT2D eigenvalue weighted by atomic mass is 9.96. The first-order valence-corrected chi connectivity index (χ1v) is 8.15. The molecule has 0 bridgehead atoms. The number of nitriles is 1. The van der Waals surface area contributed by atoms with Crippen LogP contribution in [0.4, 0.5) is 4.39 Å². The summed E-state index contributed by atoms with van der Waals surface area (Å²) in [6.45, 7) is 1.53. The molecule has 0 aliphatic carbocycles. The number of benzene rings is 1. The number of hydrogen-bond donors (Lipinski definition) is 1. The number of rotatable bonds is 3. The highest BCUT2D eigenvalue weighted by Crippen LogP contribution is 2.29. The van der Waals surface area contributed by atoms with E-state index in [-0.39, 0.29) is 23.0 Å². The van der Waals surface area contributed by atoms with Gasteiger partial charge < -0.3 is 5.11 Å². The maximum atomic E-state index is 13.2. The molecule has 2 unspecified atom stereocenters. The average Bonchev–Trinajstić information content (AvgIpc) is 2.46. The van der Waals surface area contributed by atoms with Crippen molar-refractivity contribution in [3.8, 4) is 6.07 Å². The molecule has 22 heavy (non-hydrogen) atoms. The Hall–Kier alpha value is -1.98. The van der Waals surface area contributed by atoms with Crippen LogP contribution in [0.1, 0.15) is 25.3 Å². The number of carboxylic acid groups (broad SMARTS) is 1. The third-order valence-electron chi connectivity index (χ3n) is 3.82. The van der Waals surface area contributed by atoms with E-state index >= 15 is 0 Å². The molecule has 0 saturated carbocycles. The first kappa shape index (κ1) is 16.4. The van der Waals surface area contributed by atoms with Crippen molar-refractivity contribution in [1.29, 1.82) is 5.26 Å². The Labute approximate surface area is 127 Å². The molecule has 6 nitrogen and oxygen atoms in total. The minimum Gasteiger partial charge on any atom is -0.481 e. The highest BCUT2D eigenvalue weighted by atomic mass is 32.2. The van der Waals surface area contributed by atoms with Crippen molar-refractivity contribution in [2.75, 3.05) is 6.54 Å². The Morgan fingerprint density at radius 1 is 1.45 bits per heavy atom. The molecule has 1 aromatic rings. The molecule has 0 spiro atoms. The van der Waals surface area contributed by atoms with Crippen molar-refractivity contribution >= 4 is 16.0 Å². The van der Waals surface area contributed by atoms with Crippen molar-refractivity contribution in [3.63, 3.8) is 0 Å². The molecule has 2 atom stereocenters. The van der Waals surface area contributed by atoms with Crippen molar-refractivity contribution in [2.45, 2.75) is 30.7 Å². The number of piperidine rings is 1. The van der Waals surface area contributed by atoms with Gasteiger partial charge in [0.25, 0.3) is 0 Å². The summed E-state index contributed by atoms with van der Waals surface area (Å²) in [7, 11) is -4.06. The van der Waals surface area contributed by atoms with Crippen molar-refractivity contribution in [2.24, 2.45) is 5.92 Å². The zero-order valence-corrected chi connectivity index (χ0v) is 12.7. The smallest absolute Gasteiger partial charge is 0.307 e. The zero-order chi connectivity index (χ0) is 16.5. The number of carbonyl (C=O) groups is 1. The van der Waals surface area contributed by atoms with E-state index in [4.69, 9.17) is 10.4 Å². The van der Waals surface area contributed by atoms with Crippen molar-refractivity contribution < 1.29 is 22.7 Å². The van der Waals surface area contributed by atoms with Crippen LogP contribution in [0.3, 0.4) is 0 Å². The Kier molecular flexibility index (Phi) is 4.49. The third-order valence-corrected chi connectivity index (χ3v) is 5.86. The number of sulfonamides is 1. The molecule has 1 heterocycles. The molecular formula is C14H15FN2O4S. The van der Waals surface area contributed by atoms with Gasteiger partial charge in [-0.2, -0.15) is 9.57 Å². The van der Waals surface area contributed by atoms with Crippen LogP contribution >= 0.6 is 0 Å². The molecule has 1 fully saturated rings.